The molecule has 0 amide bonds. The third-order valence-electron chi connectivity index (χ3n) is 1.94. The van der Waals surface area contributed by atoms with E-state index in [2.05, 4.69) is 0 Å². The summed E-state index contributed by atoms with van der Waals surface area (Å²) in [5, 5.41) is 0. The normalized spacial score (nSPS) is 12.0. The zero-order valence-corrected chi connectivity index (χ0v) is 14.0. The van der Waals surface area contributed by atoms with Crippen LogP contribution < -0.4 is 0 Å². The van der Waals surface area contributed by atoms with E-state index in [1.165, 1.54) is 28.2 Å². The van der Waals surface area contributed by atoms with Crippen molar-refractivity contribution in [3.63, 3.8) is 0 Å². The summed E-state index contributed by atoms with van der Waals surface area (Å²) in [5.41, 5.74) is 0. The molecule has 3 heterocycles. The summed E-state index contributed by atoms with van der Waals surface area (Å²) in [5.74, 6) is 0. The van der Waals surface area contributed by atoms with E-state index < -0.39 is 0 Å². The van der Waals surface area contributed by atoms with Gasteiger partial charge in [-0.15, -0.1) is 0 Å². The molecule has 3 aromatic heterocycles. The molecule has 15 heavy (non-hydrogen) atoms. The molecule has 0 bridgehead atoms. The van der Waals surface area contributed by atoms with Gasteiger partial charge in [0.25, 0.3) is 0 Å². The maximum Gasteiger partial charge on any atom is 0.0777 e. The Labute approximate surface area is 117 Å². The van der Waals surface area contributed by atoms with Gasteiger partial charge in [-0.1, -0.05) is 62.0 Å². The van der Waals surface area contributed by atoms with Crippen LogP contribution in [0.25, 0.3) is 28.2 Å². The molecule has 0 aliphatic rings. The van der Waals surface area contributed by atoms with Gasteiger partial charge < -0.3 is 0 Å². The predicted molar refractivity (Wildman–Crippen MR) is 86.3 cm³/mol. The van der Waals surface area contributed by atoms with Gasteiger partial charge in [0.1, 0.15) is 0 Å². The summed E-state index contributed by atoms with van der Waals surface area (Å²) in [6.45, 7) is 0. The fourth-order valence-corrected chi connectivity index (χ4v) is 16.9. The van der Waals surface area contributed by atoms with Crippen LogP contribution in [0.2, 0.25) is 0 Å². The van der Waals surface area contributed by atoms with Gasteiger partial charge in [0.15, 0.2) is 0 Å². The van der Waals surface area contributed by atoms with E-state index in [9.17, 15) is 0 Å². The Balaban J connectivity index is 2.56. The number of hydrogen-bond acceptors (Lipinski definition) is 9. The van der Waals surface area contributed by atoms with Crippen molar-refractivity contribution < 1.29 is 0 Å². The van der Waals surface area contributed by atoms with E-state index in [4.69, 9.17) is 0 Å². The standard InChI is InChI=1S/C6S9/c7-1-2(8-13-7)4-6(12-15-11-4)5-3(1)9-14-10-5. The lowest BCUT2D eigenvalue weighted by molar-refractivity contribution is 2.55. The largest absolute Gasteiger partial charge is 0.0777 e. The van der Waals surface area contributed by atoms with Crippen molar-refractivity contribution in [3.8, 4) is 0 Å². The molecule has 0 aliphatic heterocycles. The van der Waals surface area contributed by atoms with Crippen LogP contribution in [-0.4, -0.2) is 0 Å². The maximum absolute atomic E-state index is 1.94. The average Bonchev–Trinajstić information content (AvgIpc) is 2.97. The van der Waals surface area contributed by atoms with Crippen molar-refractivity contribution in [1.82, 2.24) is 0 Å². The van der Waals surface area contributed by atoms with Crippen molar-refractivity contribution in [1.29, 1.82) is 0 Å². The second kappa shape index (κ2) is 3.85. The van der Waals surface area contributed by atoms with Crippen LogP contribution in [0.5, 0.6) is 0 Å². The third kappa shape index (κ3) is 1.42. The lowest BCUT2D eigenvalue weighted by atomic mass is 10.3. The first-order valence-corrected chi connectivity index (χ1v) is 14.2. The average molecular weight is 361 g/mol. The molecule has 4 rings (SSSR count). The number of fused-ring (bicyclic) bond motifs is 6. The number of hydrogen-bond donors (Lipinski definition) is 0. The first kappa shape index (κ1) is 10.2. The van der Waals surface area contributed by atoms with Crippen molar-refractivity contribution in [2.75, 3.05) is 0 Å². The Hall–Kier alpha value is 1.20. The van der Waals surface area contributed by atoms with E-state index in [1.54, 1.807) is 0 Å². The Morgan fingerprint density at radius 2 is 0.533 bits per heavy atom. The first-order valence-electron chi connectivity index (χ1n) is 3.72. The highest BCUT2D eigenvalue weighted by atomic mass is 33.2. The van der Waals surface area contributed by atoms with Gasteiger partial charge in [-0.25, -0.2) is 0 Å². The monoisotopic (exact) mass is 360 g/mol. The van der Waals surface area contributed by atoms with Crippen LogP contribution >= 0.6 is 90.1 Å². The quantitative estimate of drug-likeness (QED) is 0.287. The van der Waals surface area contributed by atoms with Gasteiger partial charge in [0.2, 0.25) is 0 Å². The molecule has 0 unspecified atom stereocenters. The lowest BCUT2D eigenvalue weighted by Gasteiger charge is -1.91. The zero-order valence-electron chi connectivity index (χ0n) is 6.67. The summed E-state index contributed by atoms with van der Waals surface area (Å²) < 4.78 is 9.15. The second-order valence-electron chi connectivity index (χ2n) is 2.68. The molecule has 0 spiro atoms. The lowest BCUT2D eigenvalue weighted by Crippen LogP contribution is -1.63. The fraction of sp³-hybridized carbons (Fsp3) is 0. The molecule has 0 aliphatic carbocycles. The van der Waals surface area contributed by atoms with Crippen LogP contribution in [0.3, 0.4) is 0 Å². The highest BCUT2D eigenvalue weighted by Gasteiger charge is 2.14. The molecule has 0 nitrogen and oxygen atoms in total. The van der Waals surface area contributed by atoms with Crippen molar-refractivity contribution in [3.05, 3.63) is 0 Å². The molecular weight excluding hydrogens is 361 g/mol. The van der Waals surface area contributed by atoms with Gasteiger partial charge in [0, 0.05) is 0 Å². The van der Waals surface area contributed by atoms with E-state index in [-0.39, 0.29) is 0 Å². The predicted octanol–water partition coefficient (Wildman–Crippen LogP) is 7.39. The molecule has 4 aromatic rings. The Morgan fingerprint density at radius 3 is 0.733 bits per heavy atom. The Kier molecular flexibility index (Phi) is 2.61. The topological polar surface area (TPSA) is 0 Å². The molecule has 0 saturated heterocycles. The van der Waals surface area contributed by atoms with E-state index in [1.807, 2.05) is 90.1 Å². The van der Waals surface area contributed by atoms with E-state index in [0.29, 0.717) is 0 Å². The van der Waals surface area contributed by atoms with Gasteiger partial charge in [-0.2, -0.15) is 0 Å². The summed E-state index contributed by atoms with van der Waals surface area (Å²) in [6, 6.07) is 0. The molecule has 0 radical (unpaired) electrons. The first-order chi connectivity index (χ1) is 7.45. The molecule has 0 saturated carbocycles. The third-order valence-corrected chi connectivity index (χ3v) is 14.5. The minimum absolute atomic E-state index is 1.52. The van der Waals surface area contributed by atoms with Crippen molar-refractivity contribution in [2.45, 2.75) is 0 Å². The van der Waals surface area contributed by atoms with Crippen LogP contribution in [0.1, 0.15) is 0 Å². The van der Waals surface area contributed by atoms with Crippen LogP contribution in [0.4, 0.5) is 0 Å². The molecule has 0 fully saturated rings. The highest BCUT2D eigenvalue weighted by Crippen LogP contribution is 2.51. The Bertz CT molecular complexity index is 579. The van der Waals surface area contributed by atoms with Crippen LogP contribution in [-0.2, 0) is 0 Å². The highest BCUT2D eigenvalue weighted by molar-refractivity contribution is 8.03. The number of benzene rings is 1. The minimum Gasteiger partial charge on any atom is -0.0667 e. The molecule has 78 valence electrons. The molecular formula is C6S9. The summed E-state index contributed by atoms with van der Waals surface area (Å²) in [4.78, 5) is 0. The number of rotatable bonds is 0. The maximum atomic E-state index is 1.94. The van der Waals surface area contributed by atoms with Crippen molar-refractivity contribution in [2.24, 2.45) is 0 Å². The smallest absolute Gasteiger partial charge is 0.0667 e. The van der Waals surface area contributed by atoms with Gasteiger partial charge >= 0.3 is 0 Å². The van der Waals surface area contributed by atoms with E-state index >= 15 is 0 Å². The van der Waals surface area contributed by atoms with Gasteiger partial charge in [-0.05, 0) is 28.0 Å². The van der Waals surface area contributed by atoms with Crippen molar-refractivity contribution >= 4 is 118 Å². The van der Waals surface area contributed by atoms with Crippen LogP contribution in [0.15, 0.2) is 0 Å². The Morgan fingerprint density at radius 1 is 0.333 bits per heavy atom. The summed E-state index contributed by atoms with van der Waals surface area (Å²) >= 11 is 0. The summed E-state index contributed by atoms with van der Waals surface area (Å²) in [6.07, 6.45) is 0. The fourth-order valence-electron chi connectivity index (χ4n) is 1.33. The van der Waals surface area contributed by atoms with E-state index in [0.717, 1.165) is 0 Å². The zero-order chi connectivity index (χ0) is 9.83. The SMILES string of the molecule is s1sc2c3sssc3c3sssc3c2s1. The molecule has 1 aromatic carbocycles. The van der Waals surface area contributed by atoms with Gasteiger partial charge in [0.05, 0.1) is 28.2 Å². The molecule has 0 N–H and O–H groups in total. The molecule has 9 heteroatoms. The summed E-state index contributed by atoms with van der Waals surface area (Å²) in [7, 11) is 17.4. The second-order valence-corrected chi connectivity index (χ2v) is 14.4. The minimum atomic E-state index is 1.52. The van der Waals surface area contributed by atoms with Crippen LogP contribution in [0, 0.1) is 0 Å². The van der Waals surface area contributed by atoms with Gasteiger partial charge in [-0.3, -0.25) is 0 Å². The molecule has 0 atom stereocenters.